The molecule has 0 aliphatic carbocycles. The van der Waals surface area contributed by atoms with E-state index in [0.29, 0.717) is 12.8 Å². The lowest BCUT2D eigenvalue weighted by atomic mass is 9.97. The normalized spacial score (nSPS) is 14.4. The quantitative estimate of drug-likeness (QED) is 0.809. The molecule has 1 aromatic rings. The maximum atomic E-state index is 11.7. The zero-order chi connectivity index (χ0) is 14.4. The lowest BCUT2D eigenvalue weighted by Gasteiger charge is -2.24. The number of aromatic nitrogens is 1. The number of aliphatic hydroxyl groups is 1. The molecule has 0 aliphatic rings. The minimum atomic E-state index is -0.604. The van der Waals surface area contributed by atoms with Crippen molar-refractivity contribution in [1.82, 2.24) is 10.3 Å². The van der Waals surface area contributed by atoms with E-state index in [9.17, 15) is 9.90 Å². The van der Waals surface area contributed by atoms with E-state index >= 15 is 0 Å². The highest BCUT2D eigenvalue weighted by Gasteiger charge is 2.22. The van der Waals surface area contributed by atoms with Crippen molar-refractivity contribution in [2.24, 2.45) is 5.92 Å². The summed E-state index contributed by atoms with van der Waals surface area (Å²) in [6.07, 6.45) is 1.29. The maximum absolute atomic E-state index is 11.7. The number of hydrogen-bond acceptors (Lipinski definition) is 4. The number of nitrogens with one attached hydrogen (secondary N) is 1. The molecule has 0 spiro atoms. The second kappa shape index (κ2) is 7.60. The highest BCUT2D eigenvalue weighted by molar-refractivity contribution is 7.09. The fraction of sp³-hybridized carbons (Fsp3) is 0.714. The Labute approximate surface area is 119 Å². The molecule has 0 fully saturated rings. The molecule has 0 radical (unpaired) electrons. The van der Waals surface area contributed by atoms with Gasteiger partial charge in [0.25, 0.3) is 0 Å². The molecular formula is C14H24N2O2S. The van der Waals surface area contributed by atoms with Gasteiger partial charge in [0.15, 0.2) is 0 Å². The van der Waals surface area contributed by atoms with Crippen molar-refractivity contribution in [2.75, 3.05) is 0 Å². The monoisotopic (exact) mass is 284 g/mol. The number of aryl methyl sites for hydroxylation is 1. The van der Waals surface area contributed by atoms with Crippen LogP contribution in [-0.2, 0) is 4.79 Å². The van der Waals surface area contributed by atoms with Gasteiger partial charge in [-0.05, 0) is 19.3 Å². The third-order valence-corrected chi connectivity index (χ3v) is 4.09. The first-order chi connectivity index (χ1) is 8.93. The van der Waals surface area contributed by atoms with Crippen LogP contribution in [0.3, 0.4) is 0 Å². The smallest absolute Gasteiger partial charge is 0.220 e. The molecule has 1 heterocycles. The number of carbonyl (C=O) groups excluding carboxylic acids is 1. The highest BCUT2D eigenvalue weighted by Crippen LogP contribution is 2.24. The Morgan fingerprint density at radius 3 is 2.68 bits per heavy atom. The van der Waals surface area contributed by atoms with E-state index in [1.165, 1.54) is 11.3 Å². The number of thiazole rings is 1. The number of aliphatic hydroxyl groups excluding tert-OH is 1. The van der Waals surface area contributed by atoms with Gasteiger partial charge < -0.3 is 10.4 Å². The van der Waals surface area contributed by atoms with Crippen LogP contribution in [0.1, 0.15) is 56.8 Å². The first-order valence-corrected chi connectivity index (χ1v) is 7.71. The van der Waals surface area contributed by atoms with Crippen LogP contribution in [0.5, 0.6) is 0 Å². The first kappa shape index (κ1) is 16.1. The van der Waals surface area contributed by atoms with Crippen LogP contribution in [0.15, 0.2) is 5.38 Å². The van der Waals surface area contributed by atoms with Crippen LogP contribution in [0.2, 0.25) is 0 Å². The number of carbonyl (C=O) groups is 1. The molecule has 0 bridgehead atoms. The molecule has 2 atom stereocenters. The van der Waals surface area contributed by atoms with Crippen LogP contribution in [0, 0.1) is 12.8 Å². The summed E-state index contributed by atoms with van der Waals surface area (Å²) in [7, 11) is 0. The predicted molar refractivity (Wildman–Crippen MR) is 78.1 cm³/mol. The van der Waals surface area contributed by atoms with E-state index in [1.807, 2.05) is 19.2 Å². The minimum Gasteiger partial charge on any atom is -0.386 e. The molecule has 0 saturated carbocycles. The summed E-state index contributed by atoms with van der Waals surface area (Å²) in [6.45, 7) is 8.00. The fourth-order valence-corrected chi connectivity index (χ4v) is 2.66. The number of nitrogens with zero attached hydrogens (tertiary/aromatic N) is 1. The van der Waals surface area contributed by atoms with Crippen LogP contribution in [0.4, 0.5) is 0 Å². The van der Waals surface area contributed by atoms with Gasteiger partial charge in [0.05, 0.1) is 0 Å². The van der Waals surface area contributed by atoms with Crippen LogP contribution < -0.4 is 5.32 Å². The molecule has 0 aromatic carbocycles. The van der Waals surface area contributed by atoms with E-state index < -0.39 is 6.10 Å². The van der Waals surface area contributed by atoms with Crippen molar-refractivity contribution in [2.45, 2.75) is 59.1 Å². The lowest BCUT2D eigenvalue weighted by Crippen LogP contribution is -2.39. The first-order valence-electron chi connectivity index (χ1n) is 6.83. The molecule has 0 aliphatic heterocycles. The van der Waals surface area contributed by atoms with Gasteiger partial charge in [0.2, 0.25) is 5.91 Å². The Kier molecular flexibility index (Phi) is 6.45. The number of rotatable bonds is 7. The van der Waals surface area contributed by atoms with Crippen LogP contribution in [-0.4, -0.2) is 22.0 Å². The third kappa shape index (κ3) is 5.28. The van der Waals surface area contributed by atoms with Gasteiger partial charge in [-0.2, -0.15) is 0 Å². The Morgan fingerprint density at radius 1 is 1.53 bits per heavy atom. The predicted octanol–water partition coefficient (Wildman–Crippen LogP) is 2.82. The Balaban J connectivity index is 2.60. The molecule has 108 valence electrons. The van der Waals surface area contributed by atoms with Crippen LogP contribution >= 0.6 is 11.3 Å². The summed E-state index contributed by atoms with van der Waals surface area (Å²) >= 11 is 1.47. The Bertz CT molecular complexity index is 404. The molecule has 1 amide bonds. The van der Waals surface area contributed by atoms with E-state index in [4.69, 9.17) is 0 Å². The third-order valence-electron chi connectivity index (χ3n) is 3.03. The molecule has 0 saturated heterocycles. The summed E-state index contributed by atoms with van der Waals surface area (Å²) < 4.78 is 0. The highest BCUT2D eigenvalue weighted by atomic mass is 32.1. The van der Waals surface area contributed by atoms with Gasteiger partial charge in [-0.25, -0.2) is 4.98 Å². The van der Waals surface area contributed by atoms with Gasteiger partial charge in [-0.15, -0.1) is 11.3 Å². The standard InChI is InChI=1S/C14H24N2O2S/c1-5-6-13(18)16-11(9(2)3)7-12(17)14-15-10(4)8-19-14/h8-9,11-12,17H,5-7H2,1-4H3,(H,16,18). The lowest BCUT2D eigenvalue weighted by molar-refractivity contribution is -0.122. The van der Waals surface area contributed by atoms with Gasteiger partial charge >= 0.3 is 0 Å². The summed E-state index contributed by atoms with van der Waals surface area (Å²) in [4.78, 5) is 16.0. The SMILES string of the molecule is CCCC(=O)NC(CC(O)c1nc(C)cs1)C(C)C. The minimum absolute atomic E-state index is 0.0155. The Hall–Kier alpha value is -0.940. The summed E-state index contributed by atoms with van der Waals surface area (Å²) in [6, 6.07) is -0.0155. The average molecular weight is 284 g/mol. The summed E-state index contributed by atoms with van der Waals surface area (Å²) in [5.41, 5.74) is 0.926. The van der Waals surface area contributed by atoms with E-state index in [2.05, 4.69) is 24.1 Å². The second-order valence-electron chi connectivity index (χ2n) is 5.25. The van der Waals surface area contributed by atoms with Gasteiger partial charge in [0.1, 0.15) is 11.1 Å². The van der Waals surface area contributed by atoms with E-state index in [1.54, 1.807) is 0 Å². The van der Waals surface area contributed by atoms with Crippen molar-refractivity contribution in [1.29, 1.82) is 0 Å². The molecule has 4 nitrogen and oxygen atoms in total. The molecule has 2 N–H and O–H groups in total. The van der Waals surface area contributed by atoms with Crippen molar-refractivity contribution in [3.8, 4) is 0 Å². The largest absolute Gasteiger partial charge is 0.386 e. The topological polar surface area (TPSA) is 62.2 Å². The van der Waals surface area contributed by atoms with Crippen molar-refractivity contribution in [3.05, 3.63) is 16.1 Å². The van der Waals surface area contributed by atoms with E-state index in [0.717, 1.165) is 17.1 Å². The zero-order valence-corrected chi connectivity index (χ0v) is 13.0. The molecule has 2 unspecified atom stereocenters. The van der Waals surface area contributed by atoms with Gasteiger partial charge in [0, 0.05) is 30.0 Å². The molecule has 5 heteroatoms. The average Bonchev–Trinajstić information content (AvgIpc) is 2.75. The van der Waals surface area contributed by atoms with Crippen LogP contribution in [0.25, 0.3) is 0 Å². The van der Waals surface area contributed by atoms with E-state index in [-0.39, 0.29) is 17.9 Å². The Morgan fingerprint density at radius 2 is 2.21 bits per heavy atom. The fourth-order valence-electron chi connectivity index (χ4n) is 1.87. The number of amides is 1. The molecular weight excluding hydrogens is 260 g/mol. The molecule has 1 rings (SSSR count). The van der Waals surface area contributed by atoms with Gasteiger partial charge in [-0.1, -0.05) is 20.8 Å². The number of hydrogen-bond donors (Lipinski definition) is 2. The summed E-state index contributed by atoms with van der Waals surface area (Å²) in [5.74, 6) is 0.347. The van der Waals surface area contributed by atoms with Gasteiger partial charge in [-0.3, -0.25) is 4.79 Å². The zero-order valence-electron chi connectivity index (χ0n) is 12.1. The van der Waals surface area contributed by atoms with Crippen molar-refractivity contribution < 1.29 is 9.90 Å². The van der Waals surface area contributed by atoms with Crippen molar-refractivity contribution in [3.63, 3.8) is 0 Å². The van der Waals surface area contributed by atoms with Crippen molar-refractivity contribution >= 4 is 17.2 Å². The molecule has 1 aromatic heterocycles. The summed E-state index contributed by atoms with van der Waals surface area (Å²) in [5, 5.41) is 15.9. The second-order valence-corrected chi connectivity index (χ2v) is 6.14. The maximum Gasteiger partial charge on any atom is 0.220 e. The molecule has 19 heavy (non-hydrogen) atoms.